The Labute approximate surface area is 140 Å². The molecular weight excluding hydrogens is 308 g/mol. The van der Waals surface area contributed by atoms with Gasteiger partial charge in [-0.3, -0.25) is 9.59 Å². The molecule has 1 saturated carbocycles. The molecule has 0 aromatic heterocycles. The molecule has 0 radical (unpaired) electrons. The van der Waals surface area contributed by atoms with Crippen LogP contribution in [0, 0.1) is 17.3 Å². The van der Waals surface area contributed by atoms with Crippen LogP contribution in [0.5, 0.6) is 0 Å². The van der Waals surface area contributed by atoms with Crippen LogP contribution in [0.25, 0.3) is 0 Å². The lowest BCUT2D eigenvalue weighted by atomic mass is 9.51. The van der Waals surface area contributed by atoms with E-state index in [2.05, 4.69) is 0 Å². The summed E-state index contributed by atoms with van der Waals surface area (Å²) in [5.41, 5.74) is 0.259. The number of ether oxygens (including phenoxy) is 3. The van der Waals surface area contributed by atoms with E-state index in [0.717, 1.165) is 5.56 Å². The first-order valence-corrected chi connectivity index (χ1v) is 8.14. The van der Waals surface area contributed by atoms with E-state index in [1.165, 1.54) is 14.0 Å². The number of allylic oxidation sites excluding steroid dienone is 1. The van der Waals surface area contributed by atoms with Crippen molar-refractivity contribution >= 4 is 11.8 Å². The number of rotatable bonds is 3. The highest BCUT2D eigenvalue weighted by Gasteiger charge is 2.73. The minimum Gasteiger partial charge on any atom is -0.431 e. The van der Waals surface area contributed by atoms with Crippen molar-refractivity contribution in [2.75, 3.05) is 13.7 Å². The van der Waals surface area contributed by atoms with E-state index >= 15 is 0 Å². The molecule has 0 unspecified atom stereocenters. The van der Waals surface area contributed by atoms with Gasteiger partial charge in [0.1, 0.15) is 5.76 Å². The van der Waals surface area contributed by atoms with Crippen LogP contribution in [0.15, 0.2) is 42.2 Å². The first kappa shape index (κ1) is 15.5. The molecule has 3 aliphatic carbocycles. The van der Waals surface area contributed by atoms with Crippen LogP contribution in [-0.2, 0) is 23.8 Å². The van der Waals surface area contributed by atoms with E-state index < -0.39 is 23.1 Å². The van der Waals surface area contributed by atoms with Gasteiger partial charge in [-0.1, -0.05) is 30.3 Å². The molecule has 2 fully saturated rings. The zero-order chi connectivity index (χ0) is 17.1. The SMILES string of the molecule is CO[C@@]12OC[C@@H]3[C@@H](c4ccccc4)[C@@](C)(C=C(OC(C)=O)[C@@H]31)C2=O. The van der Waals surface area contributed by atoms with Gasteiger partial charge in [0.15, 0.2) is 0 Å². The average Bonchev–Trinajstić information content (AvgIpc) is 2.91. The van der Waals surface area contributed by atoms with Crippen molar-refractivity contribution in [3.05, 3.63) is 47.7 Å². The monoisotopic (exact) mass is 328 g/mol. The third-order valence-electron chi connectivity index (χ3n) is 5.68. The predicted molar refractivity (Wildman–Crippen MR) is 84.8 cm³/mol. The summed E-state index contributed by atoms with van der Waals surface area (Å²) >= 11 is 0. The maximum Gasteiger partial charge on any atom is 0.307 e. The van der Waals surface area contributed by atoms with Crippen LogP contribution in [0.4, 0.5) is 0 Å². The first-order valence-electron chi connectivity index (χ1n) is 8.14. The normalized spacial score (nSPS) is 39.7. The third-order valence-corrected chi connectivity index (χ3v) is 5.68. The Kier molecular flexibility index (Phi) is 3.24. The zero-order valence-electron chi connectivity index (χ0n) is 13.9. The van der Waals surface area contributed by atoms with Crippen molar-refractivity contribution in [3.63, 3.8) is 0 Å². The smallest absolute Gasteiger partial charge is 0.307 e. The zero-order valence-corrected chi connectivity index (χ0v) is 13.9. The van der Waals surface area contributed by atoms with Gasteiger partial charge in [-0.15, -0.1) is 0 Å². The number of hydrogen-bond donors (Lipinski definition) is 0. The highest BCUT2D eigenvalue weighted by atomic mass is 16.7. The fourth-order valence-corrected chi connectivity index (χ4v) is 4.87. The van der Waals surface area contributed by atoms with Crippen LogP contribution in [-0.4, -0.2) is 31.3 Å². The van der Waals surface area contributed by atoms with Gasteiger partial charge in [0.05, 0.1) is 17.9 Å². The fourth-order valence-electron chi connectivity index (χ4n) is 4.87. The van der Waals surface area contributed by atoms with Gasteiger partial charge in [0, 0.05) is 25.9 Å². The second-order valence-electron chi connectivity index (χ2n) is 6.96. The Balaban J connectivity index is 1.91. The van der Waals surface area contributed by atoms with Crippen molar-refractivity contribution in [2.45, 2.75) is 25.6 Å². The van der Waals surface area contributed by atoms with E-state index in [1.807, 2.05) is 43.3 Å². The van der Waals surface area contributed by atoms with Crippen LogP contribution in [0.2, 0.25) is 0 Å². The summed E-state index contributed by atoms with van der Waals surface area (Å²) in [7, 11) is 1.48. The first-order chi connectivity index (χ1) is 11.4. The minimum atomic E-state index is -1.34. The van der Waals surface area contributed by atoms with E-state index in [1.54, 1.807) is 0 Å². The number of methoxy groups -OCH3 is 1. The third kappa shape index (κ3) is 1.77. The summed E-state index contributed by atoms with van der Waals surface area (Å²) in [6, 6.07) is 9.98. The van der Waals surface area contributed by atoms with Crippen molar-refractivity contribution in [1.29, 1.82) is 0 Å². The van der Waals surface area contributed by atoms with Crippen molar-refractivity contribution < 1.29 is 23.8 Å². The Morgan fingerprint density at radius 2 is 1.96 bits per heavy atom. The van der Waals surface area contributed by atoms with Gasteiger partial charge in [-0.25, -0.2) is 0 Å². The number of carbonyl (C=O) groups is 2. The molecule has 4 aliphatic rings. The van der Waals surface area contributed by atoms with Gasteiger partial charge >= 0.3 is 5.97 Å². The van der Waals surface area contributed by atoms with E-state index in [-0.39, 0.29) is 17.6 Å². The molecule has 4 bridgehead atoms. The minimum absolute atomic E-state index is 0.0226. The van der Waals surface area contributed by atoms with Gasteiger partial charge < -0.3 is 14.2 Å². The molecule has 5 heteroatoms. The van der Waals surface area contributed by atoms with Gasteiger partial charge in [0.25, 0.3) is 0 Å². The summed E-state index contributed by atoms with van der Waals surface area (Å²) in [5, 5.41) is 0. The Bertz CT molecular complexity index is 739. The summed E-state index contributed by atoms with van der Waals surface area (Å²) < 4.78 is 16.9. The average molecular weight is 328 g/mol. The van der Waals surface area contributed by atoms with Gasteiger partial charge in [-0.05, 0) is 18.6 Å². The summed E-state index contributed by atoms with van der Waals surface area (Å²) in [6.45, 7) is 3.66. The van der Waals surface area contributed by atoms with Gasteiger partial charge in [0.2, 0.25) is 11.6 Å². The van der Waals surface area contributed by atoms with E-state index in [4.69, 9.17) is 14.2 Å². The molecular formula is C19H20O5. The van der Waals surface area contributed by atoms with Crippen molar-refractivity contribution in [1.82, 2.24) is 0 Å². The number of benzene rings is 1. The van der Waals surface area contributed by atoms with Crippen LogP contribution < -0.4 is 0 Å². The molecule has 24 heavy (non-hydrogen) atoms. The quantitative estimate of drug-likeness (QED) is 0.798. The molecule has 1 aromatic rings. The lowest BCUT2D eigenvalue weighted by Crippen LogP contribution is -2.63. The predicted octanol–water partition coefficient (Wildman–Crippen LogP) is 2.43. The molecule has 1 heterocycles. The van der Waals surface area contributed by atoms with E-state index in [0.29, 0.717) is 12.4 Å². The Morgan fingerprint density at radius 1 is 1.25 bits per heavy atom. The fraction of sp³-hybridized carbons (Fsp3) is 0.474. The number of Topliss-reactive ketones (excluding diaryl/α,β-unsaturated/α-hetero) is 1. The Morgan fingerprint density at radius 3 is 2.58 bits per heavy atom. The topological polar surface area (TPSA) is 61.8 Å². The molecule has 0 amide bonds. The molecule has 5 rings (SSSR count). The number of hydrogen-bond acceptors (Lipinski definition) is 5. The molecule has 0 spiro atoms. The number of esters is 1. The highest BCUT2D eigenvalue weighted by molar-refractivity contribution is 5.97. The second kappa shape index (κ2) is 5.01. The summed E-state index contributed by atoms with van der Waals surface area (Å²) in [4.78, 5) is 24.8. The molecule has 5 nitrogen and oxygen atoms in total. The Hall–Kier alpha value is -1.98. The van der Waals surface area contributed by atoms with Crippen molar-refractivity contribution in [3.8, 4) is 0 Å². The molecule has 126 valence electrons. The lowest BCUT2D eigenvalue weighted by molar-refractivity contribution is -0.227. The lowest BCUT2D eigenvalue weighted by Gasteiger charge is -2.53. The van der Waals surface area contributed by atoms with Crippen LogP contribution >= 0.6 is 0 Å². The molecule has 5 atom stereocenters. The molecule has 0 N–H and O–H groups in total. The number of carbonyl (C=O) groups excluding carboxylic acids is 2. The van der Waals surface area contributed by atoms with Gasteiger partial charge in [-0.2, -0.15) is 0 Å². The standard InChI is InChI=1S/C19H20O5/c1-11(20)24-14-9-18(2)15(12-7-5-4-6-8-12)13-10-23-19(22-3,16(13)14)17(18)21/h4-9,13,15-16H,10H2,1-3H3/t13-,15-,16-,18-,19-/m1/s1. The summed E-state index contributed by atoms with van der Waals surface area (Å²) in [6.07, 6.45) is 1.81. The molecule has 1 saturated heterocycles. The van der Waals surface area contributed by atoms with Crippen LogP contribution in [0.3, 0.4) is 0 Å². The molecule has 1 aliphatic heterocycles. The molecule has 1 aromatic carbocycles. The highest BCUT2D eigenvalue weighted by Crippen LogP contribution is 2.65. The van der Waals surface area contributed by atoms with E-state index in [9.17, 15) is 9.59 Å². The largest absolute Gasteiger partial charge is 0.431 e. The van der Waals surface area contributed by atoms with Crippen LogP contribution in [0.1, 0.15) is 25.3 Å². The summed E-state index contributed by atoms with van der Waals surface area (Å²) in [5.74, 6) is -1.74. The number of ketones is 1. The second-order valence-corrected chi connectivity index (χ2v) is 6.96. The maximum absolute atomic E-state index is 13.3. The van der Waals surface area contributed by atoms with Crippen molar-refractivity contribution in [2.24, 2.45) is 17.3 Å². The maximum atomic E-state index is 13.3.